The van der Waals surface area contributed by atoms with Crippen molar-refractivity contribution in [1.29, 1.82) is 0 Å². The summed E-state index contributed by atoms with van der Waals surface area (Å²) in [6.45, 7) is -0.333. The molecule has 298 valence electrons. The predicted octanol–water partition coefficient (Wildman–Crippen LogP) is 5.93. The molecule has 7 rings (SSSR count). The maximum Gasteiger partial charge on any atom is 0.306 e. The molecule has 2 aromatic heterocycles. The molecule has 2 N–H and O–H groups in total. The zero-order valence-corrected chi connectivity index (χ0v) is 31.7. The number of esters is 1. The predicted molar refractivity (Wildman–Crippen MR) is 209 cm³/mol. The van der Waals surface area contributed by atoms with Gasteiger partial charge in [0.25, 0.3) is 5.91 Å². The van der Waals surface area contributed by atoms with Crippen molar-refractivity contribution < 1.29 is 47.9 Å². The number of fused-ring (bicyclic) bond motifs is 1. The van der Waals surface area contributed by atoms with E-state index in [4.69, 9.17) is 28.4 Å². The number of carbonyl (C=O) groups excluding carboxylic acids is 2. The Morgan fingerprint density at radius 2 is 1.41 bits per heavy atom. The van der Waals surface area contributed by atoms with Gasteiger partial charge in [-0.15, -0.1) is 0 Å². The Labute approximate surface area is 333 Å². The van der Waals surface area contributed by atoms with E-state index in [-0.39, 0.29) is 31.9 Å². The number of aromatic nitrogens is 4. The van der Waals surface area contributed by atoms with E-state index in [0.29, 0.717) is 28.4 Å². The Morgan fingerprint density at radius 3 is 2.03 bits per heavy atom. The van der Waals surface area contributed by atoms with Crippen LogP contribution in [0.15, 0.2) is 122 Å². The van der Waals surface area contributed by atoms with Crippen molar-refractivity contribution in [1.82, 2.24) is 19.5 Å². The largest absolute Gasteiger partial charge is 0.497 e. The van der Waals surface area contributed by atoms with Gasteiger partial charge in [-0.3, -0.25) is 19.0 Å². The summed E-state index contributed by atoms with van der Waals surface area (Å²) < 4.78 is 37.9. The van der Waals surface area contributed by atoms with E-state index < -0.39 is 48.3 Å². The lowest BCUT2D eigenvalue weighted by atomic mass is 9.80. The topological polar surface area (TPSA) is 182 Å². The van der Waals surface area contributed by atoms with Crippen LogP contribution in [-0.4, -0.2) is 82.1 Å². The second-order valence-electron chi connectivity index (χ2n) is 13.3. The second kappa shape index (κ2) is 18.0. The summed E-state index contributed by atoms with van der Waals surface area (Å²) in [4.78, 5) is 50.4. The number of hydrogen-bond donors (Lipinski definition) is 2. The quantitative estimate of drug-likeness (QED) is 0.0820. The lowest BCUT2D eigenvalue weighted by Crippen LogP contribution is -2.39. The normalized spacial score (nSPS) is 16.4. The van der Waals surface area contributed by atoms with Gasteiger partial charge < -0.3 is 38.8 Å². The van der Waals surface area contributed by atoms with Crippen molar-refractivity contribution in [3.05, 3.63) is 139 Å². The number of carbonyl (C=O) groups is 3. The summed E-state index contributed by atoms with van der Waals surface area (Å²) in [5, 5.41) is 12.0. The smallest absolute Gasteiger partial charge is 0.306 e. The Kier molecular flexibility index (Phi) is 12.2. The number of rotatable bonds is 17. The molecule has 1 saturated heterocycles. The van der Waals surface area contributed by atoms with E-state index in [1.165, 1.54) is 12.7 Å². The minimum Gasteiger partial charge on any atom is -0.497 e. The molecule has 0 bridgehead atoms. The van der Waals surface area contributed by atoms with E-state index in [1.807, 2.05) is 84.9 Å². The maximum absolute atomic E-state index is 13.0. The van der Waals surface area contributed by atoms with Gasteiger partial charge in [-0.1, -0.05) is 72.8 Å². The number of carboxylic acid groups (broad SMARTS) is 1. The SMILES string of the molecule is COc1ccc(C(OC[C@H]2O[C@@H](n3cnc4c(NC(=O)COc5ccccc5)ncnc43)C[C@@H]2OC(=O)CCC(=O)O)(c2ccccc2)c2ccc(OC)cc2)cc1. The van der Waals surface area contributed by atoms with E-state index in [1.54, 1.807) is 43.1 Å². The van der Waals surface area contributed by atoms with Crippen LogP contribution in [0.2, 0.25) is 0 Å². The highest BCUT2D eigenvalue weighted by atomic mass is 16.6. The summed E-state index contributed by atoms with van der Waals surface area (Å²) in [5.74, 6) is -0.224. The number of carboxylic acids is 1. The van der Waals surface area contributed by atoms with Crippen LogP contribution in [0.3, 0.4) is 0 Å². The highest BCUT2D eigenvalue weighted by Crippen LogP contribution is 2.43. The molecule has 3 atom stereocenters. The number of methoxy groups -OCH3 is 2. The number of aliphatic carboxylic acids is 1. The monoisotopic (exact) mass is 787 g/mol. The molecular formula is C43H41N5O10. The summed E-state index contributed by atoms with van der Waals surface area (Å²) in [5.41, 5.74) is 1.84. The molecule has 1 fully saturated rings. The molecule has 1 aliphatic heterocycles. The molecule has 0 unspecified atom stereocenters. The summed E-state index contributed by atoms with van der Waals surface area (Å²) >= 11 is 0. The Hall–Kier alpha value is -6.84. The third kappa shape index (κ3) is 8.75. The van der Waals surface area contributed by atoms with Crippen LogP contribution in [0.25, 0.3) is 11.2 Å². The highest BCUT2D eigenvalue weighted by Gasteiger charge is 2.44. The first kappa shape index (κ1) is 39.4. The van der Waals surface area contributed by atoms with Gasteiger partial charge in [-0.05, 0) is 53.1 Å². The van der Waals surface area contributed by atoms with Gasteiger partial charge in [0, 0.05) is 6.42 Å². The molecule has 0 spiro atoms. The molecule has 58 heavy (non-hydrogen) atoms. The maximum atomic E-state index is 13.0. The van der Waals surface area contributed by atoms with E-state index in [9.17, 15) is 19.5 Å². The van der Waals surface area contributed by atoms with Crippen molar-refractivity contribution in [2.24, 2.45) is 0 Å². The number of para-hydroxylation sites is 1. The minimum atomic E-state index is -1.20. The standard InChI is InChI=1S/C43H41N5O10/c1-53-31-17-13-29(14-18-31)43(28-9-5-3-6-10-28,30-15-19-32(54-2)20-16-30)56-24-35-34(58-39(52)22-21-38(50)51)23-37(57-35)48-27-46-40-41(44-26-45-42(40)48)47-36(49)25-55-33-11-7-4-8-12-33/h3-20,26-27,34-35,37H,21-25H2,1-2H3,(H,50,51)(H,44,45,47,49)/t34-,35+,37+/m0/s1. The molecule has 15 heteroatoms. The first-order valence-corrected chi connectivity index (χ1v) is 18.5. The van der Waals surface area contributed by atoms with Crippen LogP contribution in [0.1, 0.15) is 42.2 Å². The molecule has 0 aliphatic carbocycles. The number of nitrogens with one attached hydrogen (secondary N) is 1. The lowest BCUT2D eigenvalue weighted by Gasteiger charge is -2.37. The average molecular weight is 788 g/mol. The van der Waals surface area contributed by atoms with Crippen molar-refractivity contribution in [3.63, 3.8) is 0 Å². The van der Waals surface area contributed by atoms with Crippen molar-refractivity contribution in [3.8, 4) is 17.2 Å². The fourth-order valence-corrected chi connectivity index (χ4v) is 6.85. The number of ether oxygens (including phenoxy) is 6. The van der Waals surface area contributed by atoms with Crippen LogP contribution in [0, 0.1) is 0 Å². The van der Waals surface area contributed by atoms with E-state index in [2.05, 4.69) is 20.3 Å². The van der Waals surface area contributed by atoms with Gasteiger partial charge in [-0.2, -0.15) is 0 Å². The Morgan fingerprint density at radius 1 is 0.793 bits per heavy atom. The number of nitrogens with zero attached hydrogens (tertiary/aromatic N) is 4. The second-order valence-corrected chi connectivity index (χ2v) is 13.3. The van der Waals surface area contributed by atoms with Crippen LogP contribution < -0.4 is 19.5 Å². The summed E-state index contributed by atoms with van der Waals surface area (Å²) in [7, 11) is 3.19. The fraction of sp³-hybridized carbons (Fsp3) is 0.256. The van der Waals surface area contributed by atoms with Crippen LogP contribution in [0.5, 0.6) is 17.2 Å². The third-order valence-corrected chi connectivity index (χ3v) is 9.68. The van der Waals surface area contributed by atoms with E-state index in [0.717, 1.165) is 16.7 Å². The van der Waals surface area contributed by atoms with Crippen molar-refractivity contribution >= 4 is 34.8 Å². The lowest BCUT2D eigenvalue weighted by molar-refractivity contribution is -0.157. The van der Waals surface area contributed by atoms with Crippen LogP contribution in [-0.2, 0) is 34.2 Å². The Bertz CT molecular complexity index is 2270. The van der Waals surface area contributed by atoms with Gasteiger partial charge in [0.1, 0.15) is 47.6 Å². The van der Waals surface area contributed by atoms with Gasteiger partial charge in [0.05, 0.1) is 40.0 Å². The molecule has 15 nitrogen and oxygen atoms in total. The molecule has 3 heterocycles. The van der Waals surface area contributed by atoms with Gasteiger partial charge >= 0.3 is 11.9 Å². The molecule has 4 aromatic carbocycles. The number of hydrogen-bond acceptors (Lipinski definition) is 12. The minimum absolute atomic E-state index is 0.0787. The van der Waals surface area contributed by atoms with Gasteiger partial charge in [0.15, 0.2) is 23.6 Å². The first-order valence-electron chi connectivity index (χ1n) is 18.5. The number of amides is 1. The molecule has 0 radical (unpaired) electrons. The van der Waals surface area contributed by atoms with E-state index >= 15 is 0 Å². The fourth-order valence-electron chi connectivity index (χ4n) is 6.85. The van der Waals surface area contributed by atoms with Crippen LogP contribution >= 0.6 is 0 Å². The Balaban J connectivity index is 1.20. The summed E-state index contributed by atoms with van der Waals surface area (Å²) in [6, 6.07) is 33.8. The number of imidazole rings is 1. The van der Waals surface area contributed by atoms with Crippen molar-refractivity contribution in [2.45, 2.75) is 43.3 Å². The third-order valence-electron chi connectivity index (χ3n) is 9.68. The zero-order valence-electron chi connectivity index (χ0n) is 31.7. The molecular weight excluding hydrogens is 746 g/mol. The van der Waals surface area contributed by atoms with Gasteiger partial charge in [0.2, 0.25) is 0 Å². The number of benzene rings is 4. The summed E-state index contributed by atoms with van der Waals surface area (Å²) in [6.07, 6.45) is -0.222. The van der Waals surface area contributed by atoms with Gasteiger partial charge in [-0.25, -0.2) is 15.0 Å². The molecule has 1 amide bonds. The zero-order chi connectivity index (χ0) is 40.5. The number of anilines is 1. The molecule has 6 aromatic rings. The average Bonchev–Trinajstić information content (AvgIpc) is 3.88. The molecule has 0 saturated carbocycles. The highest BCUT2D eigenvalue weighted by molar-refractivity contribution is 5.97. The molecule has 1 aliphatic rings. The van der Waals surface area contributed by atoms with Crippen molar-refractivity contribution in [2.75, 3.05) is 32.8 Å². The first-order chi connectivity index (χ1) is 28.3. The van der Waals surface area contributed by atoms with Crippen LogP contribution in [0.4, 0.5) is 5.82 Å².